The maximum Gasteiger partial charge on any atom is 0.261 e. The minimum Gasteiger partial charge on any atom is -0.383 e. The highest BCUT2D eigenvalue weighted by Crippen LogP contribution is 2.41. The summed E-state index contributed by atoms with van der Waals surface area (Å²) in [6.07, 6.45) is 2.97. The molecule has 1 amide bonds. The summed E-state index contributed by atoms with van der Waals surface area (Å²) < 4.78 is 0. The quantitative estimate of drug-likeness (QED) is 0.800. The monoisotopic (exact) mass is 330 g/mol. The molecule has 1 aromatic heterocycles. The number of pyridine rings is 1. The lowest BCUT2D eigenvalue weighted by atomic mass is 9.82. The molecule has 0 bridgehead atoms. The molecular formula is C21H18N2O2. The van der Waals surface area contributed by atoms with Gasteiger partial charge in [-0.25, -0.2) is 0 Å². The molecule has 3 aromatic rings. The van der Waals surface area contributed by atoms with E-state index < -0.39 is 6.10 Å². The van der Waals surface area contributed by atoms with Gasteiger partial charge in [0.15, 0.2) is 0 Å². The first-order valence-electron chi connectivity index (χ1n) is 8.30. The Bertz CT molecular complexity index is 881. The Morgan fingerprint density at radius 3 is 2.36 bits per heavy atom. The van der Waals surface area contributed by atoms with E-state index in [1.54, 1.807) is 17.3 Å². The normalized spacial score (nSPS) is 19.6. The minimum absolute atomic E-state index is 0.272. The van der Waals surface area contributed by atoms with Crippen LogP contribution in [0.2, 0.25) is 0 Å². The van der Waals surface area contributed by atoms with E-state index in [1.165, 1.54) is 0 Å². The van der Waals surface area contributed by atoms with Crippen molar-refractivity contribution in [3.8, 4) is 0 Å². The number of benzene rings is 2. The van der Waals surface area contributed by atoms with Gasteiger partial charge in [0, 0.05) is 24.0 Å². The van der Waals surface area contributed by atoms with Crippen LogP contribution in [0.4, 0.5) is 11.4 Å². The summed E-state index contributed by atoms with van der Waals surface area (Å²) >= 11 is 0. The molecule has 2 aromatic carbocycles. The van der Waals surface area contributed by atoms with Crippen LogP contribution >= 0.6 is 0 Å². The lowest BCUT2D eigenvalue weighted by Gasteiger charge is -2.37. The van der Waals surface area contributed by atoms with Crippen LogP contribution in [-0.4, -0.2) is 22.1 Å². The summed E-state index contributed by atoms with van der Waals surface area (Å²) in [4.78, 5) is 18.6. The topological polar surface area (TPSA) is 53.4 Å². The van der Waals surface area contributed by atoms with Gasteiger partial charge in [0.2, 0.25) is 0 Å². The fourth-order valence-corrected chi connectivity index (χ4v) is 3.44. The van der Waals surface area contributed by atoms with Gasteiger partial charge in [-0.15, -0.1) is 0 Å². The molecule has 0 saturated carbocycles. The number of anilines is 2. The summed E-state index contributed by atoms with van der Waals surface area (Å²) in [5.74, 6) is -0.560. The summed E-state index contributed by atoms with van der Waals surface area (Å²) in [6, 6.07) is 21.1. The summed E-state index contributed by atoms with van der Waals surface area (Å²) in [5, 5.41) is 10.8. The van der Waals surface area contributed by atoms with Gasteiger partial charge in [-0.05, 0) is 47.9 Å². The Labute approximate surface area is 146 Å². The lowest BCUT2D eigenvalue weighted by molar-refractivity contribution is -0.127. The maximum absolute atomic E-state index is 13.0. The summed E-state index contributed by atoms with van der Waals surface area (Å²) in [5.41, 5.74) is 3.63. The Morgan fingerprint density at radius 2 is 1.60 bits per heavy atom. The molecule has 25 heavy (non-hydrogen) atoms. The van der Waals surface area contributed by atoms with Crippen molar-refractivity contribution >= 4 is 17.3 Å². The van der Waals surface area contributed by atoms with Crippen molar-refractivity contribution in [1.82, 2.24) is 4.98 Å². The molecule has 2 atom stereocenters. The van der Waals surface area contributed by atoms with Gasteiger partial charge in [-0.1, -0.05) is 36.4 Å². The smallest absolute Gasteiger partial charge is 0.261 e. The standard InChI is InChI=1S/C21H18N2O2/c24-20-18(14-15-10-12-22-13-11-15)17-8-4-5-9-19(17)23(21(20)25)16-6-2-1-3-7-16/h1-13,18,20,24H,14H2. The zero-order valence-electron chi connectivity index (χ0n) is 13.6. The fourth-order valence-electron chi connectivity index (χ4n) is 3.44. The van der Waals surface area contributed by atoms with Crippen molar-refractivity contribution in [1.29, 1.82) is 0 Å². The molecule has 0 radical (unpaired) electrons. The molecule has 124 valence electrons. The molecule has 4 nitrogen and oxygen atoms in total. The summed E-state index contributed by atoms with van der Waals surface area (Å²) in [7, 11) is 0. The van der Waals surface area contributed by atoms with Crippen molar-refractivity contribution in [2.75, 3.05) is 4.90 Å². The Balaban J connectivity index is 1.79. The number of para-hydroxylation sites is 2. The number of amides is 1. The number of aliphatic hydroxyl groups excluding tert-OH is 1. The third kappa shape index (κ3) is 2.81. The molecule has 4 rings (SSSR count). The molecule has 1 aliphatic rings. The number of aromatic nitrogens is 1. The van der Waals surface area contributed by atoms with Gasteiger partial charge in [0.1, 0.15) is 6.10 Å². The minimum atomic E-state index is -1.08. The highest BCUT2D eigenvalue weighted by atomic mass is 16.3. The number of carbonyl (C=O) groups is 1. The molecule has 0 spiro atoms. The van der Waals surface area contributed by atoms with Crippen molar-refractivity contribution < 1.29 is 9.90 Å². The molecule has 2 unspecified atom stereocenters. The van der Waals surface area contributed by atoms with E-state index in [1.807, 2.05) is 66.7 Å². The van der Waals surface area contributed by atoms with E-state index in [-0.39, 0.29) is 11.8 Å². The number of hydrogen-bond donors (Lipinski definition) is 1. The Kier molecular flexibility index (Phi) is 4.04. The predicted molar refractivity (Wildman–Crippen MR) is 96.7 cm³/mol. The molecule has 4 heteroatoms. The van der Waals surface area contributed by atoms with Crippen LogP contribution in [0.3, 0.4) is 0 Å². The first-order valence-corrected chi connectivity index (χ1v) is 8.30. The maximum atomic E-state index is 13.0. The SMILES string of the molecule is O=C1C(O)C(Cc2ccncc2)c2ccccc2N1c1ccccc1. The van der Waals surface area contributed by atoms with Gasteiger partial charge in [0.25, 0.3) is 5.91 Å². The highest BCUT2D eigenvalue weighted by molar-refractivity contribution is 6.06. The number of hydrogen-bond acceptors (Lipinski definition) is 3. The molecular weight excluding hydrogens is 312 g/mol. The van der Waals surface area contributed by atoms with Crippen LogP contribution in [0.15, 0.2) is 79.1 Å². The first kappa shape index (κ1) is 15.5. The second kappa shape index (κ2) is 6.49. The van der Waals surface area contributed by atoms with E-state index in [9.17, 15) is 9.90 Å². The third-order valence-electron chi connectivity index (χ3n) is 4.65. The second-order valence-corrected chi connectivity index (χ2v) is 6.18. The van der Waals surface area contributed by atoms with Crippen molar-refractivity contribution in [3.05, 3.63) is 90.3 Å². The summed E-state index contributed by atoms with van der Waals surface area (Å²) in [6.45, 7) is 0. The van der Waals surface area contributed by atoms with E-state index in [0.29, 0.717) is 6.42 Å². The molecule has 0 aliphatic carbocycles. The number of aliphatic hydroxyl groups is 1. The van der Waals surface area contributed by atoms with Crippen LogP contribution in [0, 0.1) is 0 Å². The van der Waals surface area contributed by atoms with Crippen LogP contribution in [0.1, 0.15) is 17.0 Å². The van der Waals surface area contributed by atoms with Crippen molar-refractivity contribution in [2.24, 2.45) is 0 Å². The van der Waals surface area contributed by atoms with E-state index in [2.05, 4.69) is 4.98 Å². The van der Waals surface area contributed by atoms with E-state index >= 15 is 0 Å². The zero-order valence-corrected chi connectivity index (χ0v) is 13.6. The lowest BCUT2D eigenvalue weighted by Crippen LogP contribution is -2.44. The van der Waals surface area contributed by atoms with Gasteiger partial charge >= 0.3 is 0 Å². The number of rotatable bonds is 3. The van der Waals surface area contributed by atoms with Crippen LogP contribution in [-0.2, 0) is 11.2 Å². The van der Waals surface area contributed by atoms with Gasteiger partial charge in [-0.3, -0.25) is 14.7 Å². The zero-order chi connectivity index (χ0) is 17.2. The van der Waals surface area contributed by atoms with Crippen LogP contribution in [0.5, 0.6) is 0 Å². The largest absolute Gasteiger partial charge is 0.383 e. The van der Waals surface area contributed by atoms with E-state index in [0.717, 1.165) is 22.5 Å². The number of nitrogens with zero attached hydrogens (tertiary/aromatic N) is 2. The van der Waals surface area contributed by atoms with Crippen LogP contribution in [0.25, 0.3) is 0 Å². The van der Waals surface area contributed by atoms with Gasteiger partial charge in [0.05, 0.1) is 5.69 Å². The molecule has 2 heterocycles. The molecule has 0 saturated heterocycles. The fraction of sp³-hybridized carbons (Fsp3) is 0.143. The molecule has 0 fully saturated rings. The van der Waals surface area contributed by atoms with Crippen molar-refractivity contribution in [2.45, 2.75) is 18.4 Å². The van der Waals surface area contributed by atoms with Crippen molar-refractivity contribution in [3.63, 3.8) is 0 Å². The third-order valence-corrected chi connectivity index (χ3v) is 4.65. The molecule has 1 aliphatic heterocycles. The Morgan fingerprint density at radius 1 is 0.920 bits per heavy atom. The second-order valence-electron chi connectivity index (χ2n) is 6.18. The average Bonchev–Trinajstić information content (AvgIpc) is 2.67. The van der Waals surface area contributed by atoms with Gasteiger partial charge in [-0.2, -0.15) is 0 Å². The first-order chi connectivity index (χ1) is 12.3. The van der Waals surface area contributed by atoms with Gasteiger partial charge < -0.3 is 5.11 Å². The van der Waals surface area contributed by atoms with E-state index in [4.69, 9.17) is 0 Å². The average molecular weight is 330 g/mol. The molecule has 1 N–H and O–H groups in total. The highest BCUT2D eigenvalue weighted by Gasteiger charge is 2.39. The van der Waals surface area contributed by atoms with Crippen LogP contribution < -0.4 is 4.90 Å². The number of fused-ring (bicyclic) bond motifs is 1. The predicted octanol–water partition coefficient (Wildman–Crippen LogP) is 3.45. The Hall–Kier alpha value is -2.98. The number of carbonyl (C=O) groups excluding carboxylic acids is 1.